The third-order valence-corrected chi connectivity index (χ3v) is 5.37. The van der Waals surface area contributed by atoms with Crippen molar-refractivity contribution in [1.29, 1.82) is 0 Å². The van der Waals surface area contributed by atoms with E-state index in [1.807, 2.05) is 0 Å². The third-order valence-electron chi connectivity index (χ3n) is 5.37. The van der Waals surface area contributed by atoms with E-state index in [0.29, 0.717) is 35.4 Å². The molecule has 1 aliphatic heterocycles. The zero-order valence-electron chi connectivity index (χ0n) is 16.4. The van der Waals surface area contributed by atoms with Gasteiger partial charge in [0.25, 0.3) is 0 Å². The molecule has 2 aliphatic rings. The standard InChI is InChI=1S/C21H30N2O4/c1-13(2)10-17(23-20(24)15-6-4-14(3)5-7-15)21(25)22-16-8-9-18-19(11-16)27-12-26-18/h8-9,11,13-15,17H,4-7,10,12H2,1-3H3,(H,22,25)(H,23,24)/t14?,15?,17-/m0/s1. The molecule has 0 unspecified atom stereocenters. The SMILES string of the molecule is CC(C)C[C@H](NC(=O)C1CCC(C)CC1)C(=O)Nc1ccc2c(c1)OCO2. The molecule has 27 heavy (non-hydrogen) atoms. The van der Waals surface area contributed by atoms with Gasteiger partial charge in [0.15, 0.2) is 11.5 Å². The Labute approximate surface area is 161 Å². The van der Waals surface area contributed by atoms with Gasteiger partial charge in [-0.1, -0.05) is 20.8 Å². The van der Waals surface area contributed by atoms with Crippen molar-refractivity contribution < 1.29 is 19.1 Å². The molecule has 0 bridgehead atoms. The number of amides is 2. The molecular weight excluding hydrogens is 344 g/mol. The Morgan fingerprint density at radius 1 is 1.11 bits per heavy atom. The summed E-state index contributed by atoms with van der Waals surface area (Å²) in [6.45, 7) is 6.53. The summed E-state index contributed by atoms with van der Waals surface area (Å²) in [5.74, 6) is 2.11. The second-order valence-electron chi connectivity index (χ2n) is 8.20. The van der Waals surface area contributed by atoms with Gasteiger partial charge in [0.1, 0.15) is 6.04 Å². The summed E-state index contributed by atoms with van der Waals surface area (Å²) in [4.78, 5) is 25.5. The second kappa shape index (κ2) is 8.63. The van der Waals surface area contributed by atoms with Crippen molar-refractivity contribution in [1.82, 2.24) is 5.32 Å². The van der Waals surface area contributed by atoms with Crippen LogP contribution < -0.4 is 20.1 Å². The molecule has 0 spiro atoms. The molecule has 1 aliphatic carbocycles. The summed E-state index contributed by atoms with van der Waals surface area (Å²) in [7, 11) is 0. The van der Waals surface area contributed by atoms with Gasteiger partial charge in [-0.25, -0.2) is 0 Å². The third kappa shape index (κ3) is 5.15. The number of carbonyl (C=O) groups excluding carboxylic acids is 2. The van der Waals surface area contributed by atoms with E-state index in [1.165, 1.54) is 0 Å². The molecule has 0 aromatic heterocycles. The Bertz CT molecular complexity index is 681. The Balaban J connectivity index is 1.62. The van der Waals surface area contributed by atoms with Gasteiger partial charge in [-0.2, -0.15) is 0 Å². The largest absolute Gasteiger partial charge is 0.454 e. The van der Waals surface area contributed by atoms with Gasteiger partial charge < -0.3 is 20.1 Å². The lowest BCUT2D eigenvalue weighted by molar-refractivity contribution is -0.130. The molecule has 1 atom stereocenters. The minimum absolute atomic E-state index is 0.00777. The monoisotopic (exact) mass is 374 g/mol. The van der Waals surface area contributed by atoms with Crippen LogP contribution in [0.5, 0.6) is 11.5 Å². The smallest absolute Gasteiger partial charge is 0.246 e. The molecule has 1 aromatic carbocycles. The fourth-order valence-corrected chi connectivity index (χ4v) is 3.72. The van der Waals surface area contributed by atoms with Gasteiger partial charge in [0.05, 0.1) is 0 Å². The molecule has 0 saturated heterocycles. The van der Waals surface area contributed by atoms with E-state index in [-0.39, 0.29) is 24.5 Å². The van der Waals surface area contributed by atoms with Crippen molar-refractivity contribution >= 4 is 17.5 Å². The summed E-state index contributed by atoms with van der Waals surface area (Å²) in [6, 6.07) is 4.76. The first-order valence-corrected chi connectivity index (χ1v) is 9.93. The number of ether oxygens (including phenoxy) is 2. The first-order chi connectivity index (χ1) is 12.9. The van der Waals surface area contributed by atoms with Crippen LogP contribution in [0.15, 0.2) is 18.2 Å². The Morgan fingerprint density at radius 3 is 2.52 bits per heavy atom. The van der Waals surface area contributed by atoms with E-state index in [0.717, 1.165) is 25.7 Å². The first-order valence-electron chi connectivity index (χ1n) is 9.93. The number of benzene rings is 1. The Hall–Kier alpha value is -2.24. The van der Waals surface area contributed by atoms with Crippen LogP contribution in [0.1, 0.15) is 52.9 Å². The molecule has 2 amide bonds. The molecule has 6 nitrogen and oxygen atoms in total. The van der Waals surface area contributed by atoms with E-state index in [2.05, 4.69) is 31.4 Å². The predicted octanol–water partition coefficient (Wildman–Crippen LogP) is 3.71. The minimum atomic E-state index is -0.540. The van der Waals surface area contributed by atoms with Gasteiger partial charge in [-0.15, -0.1) is 0 Å². The Morgan fingerprint density at radius 2 is 1.81 bits per heavy atom. The normalized spacial score (nSPS) is 22.4. The highest BCUT2D eigenvalue weighted by molar-refractivity contribution is 5.97. The van der Waals surface area contributed by atoms with Crippen molar-refractivity contribution in [2.24, 2.45) is 17.8 Å². The molecule has 1 heterocycles. The number of hydrogen-bond acceptors (Lipinski definition) is 4. The van der Waals surface area contributed by atoms with Crippen molar-refractivity contribution in [3.05, 3.63) is 18.2 Å². The van der Waals surface area contributed by atoms with E-state index in [9.17, 15) is 9.59 Å². The number of nitrogens with one attached hydrogen (secondary N) is 2. The van der Waals surface area contributed by atoms with Gasteiger partial charge >= 0.3 is 0 Å². The summed E-state index contributed by atoms with van der Waals surface area (Å²) >= 11 is 0. The van der Waals surface area contributed by atoms with Gasteiger partial charge in [0, 0.05) is 17.7 Å². The summed E-state index contributed by atoms with van der Waals surface area (Å²) in [6.07, 6.45) is 4.58. The molecule has 6 heteroatoms. The topological polar surface area (TPSA) is 76.7 Å². The highest BCUT2D eigenvalue weighted by Crippen LogP contribution is 2.34. The molecule has 3 rings (SSSR count). The maximum Gasteiger partial charge on any atom is 0.246 e. The summed E-state index contributed by atoms with van der Waals surface area (Å²) < 4.78 is 10.6. The van der Waals surface area contributed by atoms with E-state index in [1.54, 1.807) is 18.2 Å². The van der Waals surface area contributed by atoms with E-state index < -0.39 is 6.04 Å². The predicted molar refractivity (Wildman–Crippen MR) is 104 cm³/mol. The zero-order chi connectivity index (χ0) is 19.4. The Kier molecular flexibility index (Phi) is 6.24. The molecule has 1 fully saturated rings. The molecular formula is C21H30N2O4. The van der Waals surface area contributed by atoms with E-state index in [4.69, 9.17) is 9.47 Å². The molecule has 1 aromatic rings. The number of hydrogen-bond donors (Lipinski definition) is 2. The first kappa shape index (κ1) is 19.5. The minimum Gasteiger partial charge on any atom is -0.454 e. The van der Waals surface area contributed by atoms with Crippen LogP contribution >= 0.6 is 0 Å². The second-order valence-corrected chi connectivity index (χ2v) is 8.20. The molecule has 148 valence electrons. The maximum atomic E-state index is 12.8. The molecule has 0 radical (unpaired) electrons. The van der Waals surface area contributed by atoms with Crippen molar-refractivity contribution in [3.8, 4) is 11.5 Å². The van der Waals surface area contributed by atoms with Crippen LogP contribution in [0.2, 0.25) is 0 Å². The fraction of sp³-hybridized carbons (Fsp3) is 0.619. The van der Waals surface area contributed by atoms with Crippen molar-refractivity contribution in [2.75, 3.05) is 12.1 Å². The lowest BCUT2D eigenvalue weighted by Crippen LogP contribution is -2.47. The molecule has 1 saturated carbocycles. The van der Waals surface area contributed by atoms with Crippen LogP contribution in [0.25, 0.3) is 0 Å². The average molecular weight is 374 g/mol. The highest BCUT2D eigenvalue weighted by Gasteiger charge is 2.29. The van der Waals surface area contributed by atoms with Crippen LogP contribution in [0.3, 0.4) is 0 Å². The summed E-state index contributed by atoms with van der Waals surface area (Å²) in [5, 5.41) is 5.90. The number of fused-ring (bicyclic) bond motifs is 1. The average Bonchev–Trinajstić information content (AvgIpc) is 3.09. The van der Waals surface area contributed by atoms with Crippen LogP contribution in [-0.4, -0.2) is 24.6 Å². The van der Waals surface area contributed by atoms with Crippen molar-refractivity contribution in [3.63, 3.8) is 0 Å². The summed E-state index contributed by atoms with van der Waals surface area (Å²) in [5.41, 5.74) is 0.638. The number of carbonyl (C=O) groups is 2. The highest BCUT2D eigenvalue weighted by atomic mass is 16.7. The number of rotatable bonds is 6. The maximum absolute atomic E-state index is 12.8. The van der Waals surface area contributed by atoms with Crippen LogP contribution in [0, 0.1) is 17.8 Å². The van der Waals surface area contributed by atoms with Gasteiger partial charge in [-0.3, -0.25) is 9.59 Å². The van der Waals surface area contributed by atoms with Gasteiger partial charge in [-0.05, 0) is 56.1 Å². The van der Waals surface area contributed by atoms with Gasteiger partial charge in [0.2, 0.25) is 18.6 Å². The number of anilines is 1. The lowest BCUT2D eigenvalue weighted by Gasteiger charge is -2.28. The van der Waals surface area contributed by atoms with Crippen LogP contribution in [-0.2, 0) is 9.59 Å². The van der Waals surface area contributed by atoms with Crippen molar-refractivity contribution in [2.45, 2.75) is 58.9 Å². The quantitative estimate of drug-likeness (QED) is 0.796. The van der Waals surface area contributed by atoms with E-state index >= 15 is 0 Å². The van der Waals surface area contributed by atoms with Crippen LogP contribution in [0.4, 0.5) is 5.69 Å². The zero-order valence-corrected chi connectivity index (χ0v) is 16.4. The molecule has 2 N–H and O–H groups in total. The lowest BCUT2D eigenvalue weighted by atomic mass is 9.82. The fourth-order valence-electron chi connectivity index (χ4n) is 3.72.